The van der Waals surface area contributed by atoms with Crippen LogP contribution in [0.25, 0.3) is 11.0 Å². The topological polar surface area (TPSA) is 73.9 Å². The number of hydrogen-bond acceptors (Lipinski definition) is 4. The third kappa shape index (κ3) is 2.76. The summed E-state index contributed by atoms with van der Waals surface area (Å²) >= 11 is 0. The number of pyridine rings is 1. The number of rotatable bonds is 4. The minimum absolute atomic E-state index is 0.0308. The van der Waals surface area contributed by atoms with Crippen LogP contribution in [-0.2, 0) is 4.79 Å². The molecule has 1 aliphatic heterocycles. The van der Waals surface area contributed by atoms with Gasteiger partial charge >= 0.3 is 0 Å². The van der Waals surface area contributed by atoms with Crippen molar-refractivity contribution in [2.24, 2.45) is 0 Å². The summed E-state index contributed by atoms with van der Waals surface area (Å²) in [4.78, 5) is 26.6. The molecule has 1 aliphatic rings. The lowest BCUT2D eigenvalue weighted by molar-refractivity contribution is -0.122. The number of imidazole rings is 1. The Morgan fingerprint density at radius 2 is 2.04 bits per heavy atom. The molecule has 1 saturated heterocycles. The van der Waals surface area contributed by atoms with E-state index in [9.17, 15) is 4.79 Å². The zero-order valence-corrected chi connectivity index (χ0v) is 13.4. The first kappa shape index (κ1) is 14.8. The van der Waals surface area contributed by atoms with Crippen LogP contribution in [-0.4, -0.2) is 44.9 Å². The first-order valence-electron chi connectivity index (χ1n) is 8.11. The smallest absolute Gasteiger partial charge is 0.242 e. The van der Waals surface area contributed by atoms with Crippen molar-refractivity contribution < 1.29 is 4.79 Å². The summed E-state index contributed by atoms with van der Waals surface area (Å²) in [6.07, 6.45) is 1.67. The molecular weight excluding hydrogens is 302 g/mol. The number of fused-ring (bicyclic) bond motifs is 1. The second-order valence-corrected chi connectivity index (χ2v) is 6.17. The van der Waals surface area contributed by atoms with Crippen molar-refractivity contribution >= 4 is 22.8 Å². The molecule has 3 aromatic rings. The predicted molar refractivity (Wildman–Crippen MR) is 92.7 cm³/mol. The number of benzene rings is 1. The molecule has 24 heavy (non-hydrogen) atoms. The number of carbonyl (C=O) groups excluding carboxylic acids is 1. The molecule has 0 radical (unpaired) electrons. The molecule has 1 atom stereocenters. The molecule has 2 N–H and O–H groups in total. The highest BCUT2D eigenvalue weighted by Gasteiger charge is 2.36. The van der Waals surface area contributed by atoms with Crippen LogP contribution >= 0.6 is 0 Å². The van der Waals surface area contributed by atoms with Gasteiger partial charge in [0.15, 0.2) is 0 Å². The van der Waals surface area contributed by atoms with Crippen LogP contribution in [0.5, 0.6) is 0 Å². The van der Waals surface area contributed by atoms with Gasteiger partial charge in [0.25, 0.3) is 0 Å². The van der Waals surface area contributed by atoms with Crippen LogP contribution in [0.1, 0.15) is 18.7 Å². The highest BCUT2D eigenvalue weighted by atomic mass is 16.2. The Morgan fingerprint density at radius 1 is 1.25 bits per heavy atom. The van der Waals surface area contributed by atoms with E-state index < -0.39 is 0 Å². The molecule has 3 heterocycles. The van der Waals surface area contributed by atoms with Crippen molar-refractivity contribution in [1.82, 2.24) is 19.9 Å². The number of carbonyl (C=O) groups is 1. The van der Waals surface area contributed by atoms with E-state index >= 15 is 0 Å². The summed E-state index contributed by atoms with van der Waals surface area (Å²) < 4.78 is 0. The van der Waals surface area contributed by atoms with Gasteiger partial charge in [0.2, 0.25) is 5.91 Å². The lowest BCUT2D eigenvalue weighted by Gasteiger charge is -2.41. The highest BCUT2D eigenvalue weighted by Crippen LogP contribution is 2.28. The van der Waals surface area contributed by atoms with Crippen molar-refractivity contribution in [2.45, 2.75) is 18.9 Å². The number of nitrogens with one attached hydrogen (secondary N) is 2. The van der Waals surface area contributed by atoms with Gasteiger partial charge in [-0.05, 0) is 31.2 Å². The first-order valence-corrected chi connectivity index (χ1v) is 8.11. The molecule has 0 spiro atoms. The van der Waals surface area contributed by atoms with Crippen LogP contribution < -0.4 is 5.32 Å². The quantitative estimate of drug-likeness (QED) is 0.774. The molecule has 1 unspecified atom stereocenters. The van der Waals surface area contributed by atoms with E-state index in [1.54, 1.807) is 12.3 Å². The largest absolute Gasteiger partial charge is 0.342 e. The molecule has 0 aliphatic carbocycles. The lowest BCUT2D eigenvalue weighted by atomic mass is 9.97. The number of aromatic amines is 1. The maximum Gasteiger partial charge on any atom is 0.242 e. The fourth-order valence-electron chi connectivity index (χ4n) is 3.00. The molecule has 1 aromatic carbocycles. The Kier molecular flexibility index (Phi) is 3.74. The molecule has 0 bridgehead atoms. The van der Waals surface area contributed by atoms with Crippen molar-refractivity contribution in [3.05, 3.63) is 54.5 Å². The van der Waals surface area contributed by atoms with Gasteiger partial charge < -0.3 is 10.3 Å². The molecule has 6 heteroatoms. The number of H-pyrrole nitrogens is 1. The fourth-order valence-corrected chi connectivity index (χ4v) is 3.00. The van der Waals surface area contributed by atoms with Crippen molar-refractivity contribution in [1.29, 1.82) is 0 Å². The normalized spacial score (nSPS) is 16.7. The third-order valence-electron chi connectivity index (χ3n) is 4.55. The van der Waals surface area contributed by atoms with Crippen LogP contribution in [0.3, 0.4) is 0 Å². The Bertz CT molecular complexity index is 821. The Morgan fingerprint density at radius 3 is 2.79 bits per heavy atom. The van der Waals surface area contributed by atoms with E-state index in [1.807, 2.05) is 43.3 Å². The zero-order valence-electron chi connectivity index (χ0n) is 13.4. The second-order valence-electron chi connectivity index (χ2n) is 6.17. The summed E-state index contributed by atoms with van der Waals surface area (Å²) in [5.74, 6) is 1.91. The monoisotopic (exact) mass is 321 g/mol. The zero-order chi connectivity index (χ0) is 16.5. The number of amides is 1. The fraction of sp³-hybridized carbons (Fsp3) is 0.278. The standard InChI is InChI=1S/C18H19N5O/c1-12(18(24)22-16-8-4-5-9-19-16)23-10-13(11-23)17-20-14-6-2-3-7-15(14)21-17/h2-9,12-13H,10-11H2,1H3,(H,20,21)(H,19,22,24). The predicted octanol–water partition coefficient (Wildman–Crippen LogP) is 2.38. The number of likely N-dealkylation sites (tertiary alicyclic amines) is 1. The van der Waals surface area contributed by atoms with E-state index in [-0.39, 0.29) is 11.9 Å². The van der Waals surface area contributed by atoms with Gasteiger partial charge in [0, 0.05) is 25.2 Å². The number of para-hydroxylation sites is 2. The van der Waals surface area contributed by atoms with Gasteiger partial charge in [0.1, 0.15) is 11.6 Å². The second kappa shape index (κ2) is 6.05. The number of nitrogens with zero attached hydrogens (tertiary/aromatic N) is 3. The Labute approximate surface area is 139 Å². The van der Waals surface area contributed by atoms with Crippen LogP contribution in [0.2, 0.25) is 0 Å². The number of aromatic nitrogens is 3. The lowest BCUT2D eigenvalue weighted by Crippen LogP contribution is -2.54. The molecular formula is C18H19N5O. The SMILES string of the molecule is CC(C(=O)Nc1ccccn1)N1CC(c2nc3ccccc3[nH]2)C1. The van der Waals surface area contributed by atoms with Gasteiger partial charge in [-0.3, -0.25) is 9.69 Å². The summed E-state index contributed by atoms with van der Waals surface area (Å²) in [6, 6.07) is 13.3. The van der Waals surface area contributed by atoms with Gasteiger partial charge in [-0.2, -0.15) is 0 Å². The number of hydrogen-bond donors (Lipinski definition) is 2. The van der Waals surface area contributed by atoms with E-state index in [2.05, 4.69) is 25.2 Å². The minimum Gasteiger partial charge on any atom is -0.342 e. The van der Waals surface area contributed by atoms with Gasteiger partial charge in [-0.25, -0.2) is 9.97 Å². The first-order chi connectivity index (χ1) is 11.7. The Balaban J connectivity index is 1.37. The summed E-state index contributed by atoms with van der Waals surface area (Å²) in [6.45, 7) is 3.58. The van der Waals surface area contributed by atoms with E-state index in [4.69, 9.17) is 0 Å². The van der Waals surface area contributed by atoms with Gasteiger partial charge in [0.05, 0.1) is 17.1 Å². The van der Waals surface area contributed by atoms with Crippen LogP contribution in [0.4, 0.5) is 5.82 Å². The summed E-state index contributed by atoms with van der Waals surface area (Å²) in [7, 11) is 0. The molecule has 0 saturated carbocycles. The summed E-state index contributed by atoms with van der Waals surface area (Å²) in [5.41, 5.74) is 2.05. The average Bonchev–Trinajstić information content (AvgIpc) is 2.97. The molecule has 1 amide bonds. The molecule has 1 fully saturated rings. The van der Waals surface area contributed by atoms with Crippen molar-refractivity contribution in [2.75, 3.05) is 18.4 Å². The minimum atomic E-state index is -0.187. The van der Waals surface area contributed by atoms with E-state index in [0.29, 0.717) is 11.7 Å². The van der Waals surface area contributed by atoms with E-state index in [0.717, 1.165) is 29.9 Å². The maximum atomic E-state index is 12.3. The van der Waals surface area contributed by atoms with Crippen LogP contribution in [0, 0.1) is 0 Å². The van der Waals surface area contributed by atoms with Gasteiger partial charge in [-0.1, -0.05) is 18.2 Å². The maximum absolute atomic E-state index is 12.3. The van der Waals surface area contributed by atoms with Crippen molar-refractivity contribution in [3.63, 3.8) is 0 Å². The molecule has 122 valence electrons. The van der Waals surface area contributed by atoms with Crippen molar-refractivity contribution in [3.8, 4) is 0 Å². The molecule has 6 nitrogen and oxygen atoms in total. The number of anilines is 1. The highest BCUT2D eigenvalue weighted by molar-refractivity contribution is 5.93. The van der Waals surface area contributed by atoms with E-state index in [1.165, 1.54) is 0 Å². The third-order valence-corrected chi connectivity index (χ3v) is 4.55. The van der Waals surface area contributed by atoms with Crippen LogP contribution in [0.15, 0.2) is 48.7 Å². The Hall–Kier alpha value is -2.73. The molecule has 4 rings (SSSR count). The van der Waals surface area contributed by atoms with Gasteiger partial charge in [-0.15, -0.1) is 0 Å². The molecule has 2 aromatic heterocycles. The summed E-state index contributed by atoms with van der Waals surface area (Å²) in [5, 5.41) is 2.85. The average molecular weight is 321 g/mol.